The minimum atomic E-state index is -0.279. The number of pyridine rings is 1. The van der Waals surface area contributed by atoms with Gasteiger partial charge in [-0.15, -0.1) is 10.2 Å². The molecule has 1 aliphatic heterocycles. The number of nitrogens with zero attached hydrogens (tertiary/aromatic N) is 4. The van der Waals surface area contributed by atoms with Crippen LogP contribution in [0.15, 0.2) is 30.9 Å². The predicted molar refractivity (Wildman–Crippen MR) is 91.1 cm³/mol. The van der Waals surface area contributed by atoms with Gasteiger partial charge in [-0.25, -0.2) is 4.39 Å². The molecular formula is C18H16ClFN4. The Morgan fingerprint density at radius 3 is 2.96 bits per heavy atom. The second-order valence-electron chi connectivity index (χ2n) is 6.13. The molecule has 1 atom stereocenters. The van der Waals surface area contributed by atoms with Crippen molar-refractivity contribution >= 4 is 11.6 Å². The number of hydrogen-bond donors (Lipinski definition) is 0. The molecule has 6 heteroatoms. The molecule has 4 rings (SSSR count). The minimum Gasteiger partial charge on any atom is -0.284 e. The molecule has 24 heavy (non-hydrogen) atoms. The molecule has 2 aromatic heterocycles. The van der Waals surface area contributed by atoms with Gasteiger partial charge < -0.3 is 0 Å². The van der Waals surface area contributed by atoms with Gasteiger partial charge in [0.2, 0.25) is 0 Å². The summed E-state index contributed by atoms with van der Waals surface area (Å²) in [5.74, 6) is 0.889. The molecule has 0 saturated heterocycles. The number of aromatic nitrogens is 4. The molecule has 0 N–H and O–H groups in total. The van der Waals surface area contributed by atoms with E-state index in [-0.39, 0.29) is 11.7 Å². The molecule has 0 saturated carbocycles. The Bertz CT molecular complexity index is 935. The van der Waals surface area contributed by atoms with Crippen molar-refractivity contribution in [2.24, 2.45) is 0 Å². The van der Waals surface area contributed by atoms with Crippen LogP contribution >= 0.6 is 11.6 Å². The van der Waals surface area contributed by atoms with E-state index < -0.39 is 0 Å². The lowest BCUT2D eigenvalue weighted by Crippen LogP contribution is -2.16. The molecule has 3 aromatic rings. The van der Waals surface area contributed by atoms with Crippen LogP contribution in [0.2, 0.25) is 5.02 Å². The third kappa shape index (κ3) is 2.23. The molecule has 0 spiro atoms. The monoisotopic (exact) mass is 342 g/mol. The van der Waals surface area contributed by atoms with E-state index in [9.17, 15) is 4.39 Å². The van der Waals surface area contributed by atoms with Crippen molar-refractivity contribution in [2.75, 3.05) is 0 Å². The van der Waals surface area contributed by atoms with Crippen LogP contribution in [0.5, 0.6) is 0 Å². The van der Waals surface area contributed by atoms with Crippen molar-refractivity contribution in [2.45, 2.75) is 32.6 Å². The molecule has 0 bridgehead atoms. The summed E-state index contributed by atoms with van der Waals surface area (Å²) in [6.45, 7) is 4.05. The van der Waals surface area contributed by atoms with E-state index in [1.54, 1.807) is 12.5 Å². The second-order valence-corrected chi connectivity index (χ2v) is 6.54. The van der Waals surface area contributed by atoms with Gasteiger partial charge in [0.25, 0.3) is 0 Å². The molecule has 122 valence electrons. The van der Waals surface area contributed by atoms with Gasteiger partial charge in [0.1, 0.15) is 18.0 Å². The van der Waals surface area contributed by atoms with Gasteiger partial charge >= 0.3 is 0 Å². The summed E-state index contributed by atoms with van der Waals surface area (Å²) >= 11 is 6.57. The van der Waals surface area contributed by atoms with Gasteiger partial charge in [-0.2, -0.15) is 0 Å². The quantitative estimate of drug-likeness (QED) is 0.695. The number of halogens is 2. The van der Waals surface area contributed by atoms with Crippen LogP contribution in [0.25, 0.3) is 16.8 Å². The highest BCUT2D eigenvalue weighted by molar-refractivity contribution is 6.33. The van der Waals surface area contributed by atoms with Crippen molar-refractivity contribution in [1.82, 2.24) is 19.7 Å². The molecule has 0 radical (unpaired) electrons. The molecule has 1 unspecified atom stereocenters. The minimum absolute atomic E-state index is 0.252. The predicted octanol–water partition coefficient (Wildman–Crippen LogP) is 4.34. The third-order valence-corrected chi connectivity index (χ3v) is 4.88. The maximum Gasteiger partial charge on any atom is 0.145 e. The zero-order valence-electron chi connectivity index (χ0n) is 13.4. The summed E-state index contributed by atoms with van der Waals surface area (Å²) in [4.78, 5) is 4.01. The lowest BCUT2D eigenvalue weighted by atomic mass is 9.91. The van der Waals surface area contributed by atoms with Crippen LogP contribution in [0.1, 0.15) is 36.7 Å². The van der Waals surface area contributed by atoms with Crippen LogP contribution < -0.4 is 0 Å². The van der Waals surface area contributed by atoms with E-state index in [4.69, 9.17) is 11.6 Å². The van der Waals surface area contributed by atoms with Gasteiger partial charge in [-0.3, -0.25) is 9.55 Å². The number of hydrogen-bond acceptors (Lipinski definition) is 3. The van der Waals surface area contributed by atoms with Crippen LogP contribution in [0, 0.1) is 5.82 Å². The molecule has 3 heterocycles. The lowest BCUT2D eigenvalue weighted by Gasteiger charge is -2.24. The van der Waals surface area contributed by atoms with Gasteiger partial charge in [0.15, 0.2) is 0 Å². The SMILES string of the molecule is CCc1c(F)cncc1-c1cc(Cl)c2c(c1)CC(C)c1nncn1-2. The van der Waals surface area contributed by atoms with Crippen LogP contribution in [-0.4, -0.2) is 19.7 Å². The standard InChI is InChI=1S/C18H16ClFN4/c1-3-13-14(7-21-8-16(13)20)11-5-12-4-10(2)18-23-22-9-24(18)17(12)15(19)6-11/h5-10H,3-4H2,1-2H3. The molecular weight excluding hydrogens is 327 g/mol. The molecule has 1 aromatic carbocycles. The first-order valence-corrected chi connectivity index (χ1v) is 8.33. The summed E-state index contributed by atoms with van der Waals surface area (Å²) in [6, 6.07) is 3.95. The first-order valence-electron chi connectivity index (χ1n) is 7.95. The fourth-order valence-electron chi connectivity index (χ4n) is 3.48. The van der Waals surface area contributed by atoms with Crippen LogP contribution in [0.3, 0.4) is 0 Å². The highest BCUT2D eigenvalue weighted by atomic mass is 35.5. The third-order valence-electron chi connectivity index (χ3n) is 4.59. The number of rotatable bonds is 2. The maximum atomic E-state index is 14.1. The van der Waals surface area contributed by atoms with Gasteiger partial charge in [-0.1, -0.05) is 25.4 Å². The average molecular weight is 343 g/mol. The summed E-state index contributed by atoms with van der Waals surface area (Å²) < 4.78 is 16.0. The van der Waals surface area contributed by atoms with Crippen molar-refractivity contribution < 1.29 is 4.39 Å². The summed E-state index contributed by atoms with van der Waals surface area (Å²) in [7, 11) is 0. The summed E-state index contributed by atoms with van der Waals surface area (Å²) in [5, 5.41) is 8.81. The first-order chi connectivity index (χ1) is 11.6. The van der Waals surface area contributed by atoms with Crippen LogP contribution in [0.4, 0.5) is 4.39 Å². The van der Waals surface area contributed by atoms with E-state index in [0.29, 0.717) is 17.0 Å². The topological polar surface area (TPSA) is 43.6 Å². The van der Waals surface area contributed by atoms with E-state index >= 15 is 0 Å². The second kappa shape index (κ2) is 5.67. The molecule has 4 nitrogen and oxygen atoms in total. The molecule has 0 fully saturated rings. The average Bonchev–Trinajstić information content (AvgIpc) is 3.04. The van der Waals surface area contributed by atoms with Crippen molar-refractivity contribution in [3.05, 3.63) is 58.6 Å². The Kier molecular flexibility index (Phi) is 3.61. The molecule has 0 amide bonds. The Labute approximate surface area is 144 Å². The smallest absolute Gasteiger partial charge is 0.145 e. The Balaban J connectivity index is 1.93. The van der Waals surface area contributed by atoms with E-state index in [0.717, 1.165) is 34.6 Å². The highest BCUT2D eigenvalue weighted by Gasteiger charge is 2.26. The van der Waals surface area contributed by atoms with Gasteiger partial charge in [0.05, 0.1) is 16.9 Å². The molecule has 0 aliphatic carbocycles. The van der Waals surface area contributed by atoms with E-state index in [2.05, 4.69) is 28.2 Å². The largest absolute Gasteiger partial charge is 0.284 e. The fraction of sp³-hybridized carbons (Fsp3) is 0.278. The Morgan fingerprint density at radius 2 is 2.17 bits per heavy atom. The van der Waals surface area contributed by atoms with E-state index in [1.807, 2.05) is 17.6 Å². The summed E-state index contributed by atoms with van der Waals surface area (Å²) in [6.07, 6.45) is 6.08. The van der Waals surface area contributed by atoms with E-state index in [1.165, 1.54) is 6.20 Å². The highest BCUT2D eigenvalue weighted by Crippen LogP contribution is 2.39. The first kappa shape index (κ1) is 15.3. The Hall–Kier alpha value is -2.27. The van der Waals surface area contributed by atoms with Crippen molar-refractivity contribution in [3.8, 4) is 16.8 Å². The summed E-state index contributed by atoms with van der Waals surface area (Å²) in [5.41, 5.74) is 4.38. The number of benzene rings is 1. The zero-order chi connectivity index (χ0) is 16.8. The van der Waals surface area contributed by atoms with Crippen molar-refractivity contribution in [3.63, 3.8) is 0 Å². The zero-order valence-corrected chi connectivity index (χ0v) is 14.2. The van der Waals surface area contributed by atoms with Gasteiger partial charge in [0, 0.05) is 17.7 Å². The molecule has 1 aliphatic rings. The van der Waals surface area contributed by atoms with Crippen LogP contribution in [-0.2, 0) is 12.8 Å². The van der Waals surface area contributed by atoms with Gasteiger partial charge in [-0.05, 0) is 41.7 Å². The normalized spacial score (nSPS) is 15.9. The lowest BCUT2D eigenvalue weighted by molar-refractivity contribution is 0.606. The van der Waals surface area contributed by atoms with Crippen molar-refractivity contribution in [1.29, 1.82) is 0 Å². The fourth-order valence-corrected chi connectivity index (χ4v) is 3.81. The maximum absolute atomic E-state index is 14.1. The Morgan fingerprint density at radius 1 is 1.33 bits per heavy atom. The number of fused-ring (bicyclic) bond motifs is 3.